The van der Waals surface area contributed by atoms with Gasteiger partial charge in [0.2, 0.25) is 0 Å². The molecule has 11 heavy (non-hydrogen) atoms. The molecule has 0 saturated heterocycles. The second-order valence-electron chi connectivity index (χ2n) is 2.22. The third-order valence-corrected chi connectivity index (χ3v) is 2.55. The summed E-state index contributed by atoms with van der Waals surface area (Å²) in [5.41, 5.74) is 1.78. The molecule has 0 heterocycles. The molecule has 0 atom stereocenters. The predicted molar refractivity (Wildman–Crippen MR) is 51.3 cm³/mol. The fourth-order valence-corrected chi connectivity index (χ4v) is 2.40. The van der Waals surface area contributed by atoms with Crippen molar-refractivity contribution in [3.05, 3.63) is 32.2 Å². The first kappa shape index (κ1) is 8.76. The number of hydrogen-bond acceptors (Lipinski definition) is 1. The lowest BCUT2D eigenvalue weighted by molar-refractivity contribution is 1.38. The van der Waals surface area contributed by atoms with E-state index in [-0.39, 0.29) is 0 Å². The van der Waals surface area contributed by atoms with E-state index < -0.39 is 0 Å². The van der Waals surface area contributed by atoms with Gasteiger partial charge in [0.1, 0.15) is 6.07 Å². The molecule has 0 spiro atoms. The largest absolute Gasteiger partial charge is 0.192 e. The Morgan fingerprint density at radius 2 is 1.73 bits per heavy atom. The number of nitrogens with zero attached hydrogens (tertiary/aromatic N) is 1. The number of benzene rings is 1. The lowest BCUT2D eigenvalue weighted by Crippen LogP contribution is -1.81. The monoisotopic (exact) mass is 273 g/mol. The second kappa shape index (κ2) is 3.38. The second-order valence-corrected chi connectivity index (χ2v) is 3.92. The van der Waals surface area contributed by atoms with Crippen molar-refractivity contribution in [2.24, 2.45) is 0 Å². The molecule has 56 valence electrons. The van der Waals surface area contributed by atoms with Gasteiger partial charge in [0.05, 0.1) is 5.56 Å². The van der Waals surface area contributed by atoms with Crippen LogP contribution in [0.5, 0.6) is 0 Å². The first-order valence-corrected chi connectivity index (χ1v) is 4.59. The van der Waals surface area contributed by atoms with Gasteiger partial charge in [-0.3, -0.25) is 0 Å². The molecule has 0 N–H and O–H groups in total. The molecule has 0 amide bonds. The van der Waals surface area contributed by atoms with Gasteiger partial charge >= 0.3 is 0 Å². The van der Waals surface area contributed by atoms with Crippen molar-refractivity contribution >= 4 is 31.9 Å². The van der Waals surface area contributed by atoms with Gasteiger partial charge in [-0.2, -0.15) is 5.26 Å². The molecule has 3 heteroatoms. The summed E-state index contributed by atoms with van der Waals surface area (Å²) < 4.78 is 1.68. The molecule has 0 radical (unpaired) electrons. The minimum absolute atomic E-state index is 0.649. The highest BCUT2D eigenvalue weighted by Gasteiger charge is 2.03. The van der Waals surface area contributed by atoms with Gasteiger partial charge in [0, 0.05) is 8.95 Å². The highest BCUT2D eigenvalue weighted by Crippen LogP contribution is 2.25. The van der Waals surface area contributed by atoms with Crippen molar-refractivity contribution in [2.75, 3.05) is 0 Å². The van der Waals surface area contributed by atoms with Crippen LogP contribution in [0.1, 0.15) is 11.1 Å². The Labute approximate surface area is 82.3 Å². The van der Waals surface area contributed by atoms with Gasteiger partial charge in [-0.1, -0.05) is 0 Å². The molecule has 1 aromatic rings. The maximum absolute atomic E-state index is 8.68. The zero-order valence-corrected chi connectivity index (χ0v) is 9.03. The first-order valence-electron chi connectivity index (χ1n) is 3.01. The SMILES string of the molecule is Cc1cc(Br)c(C#N)c(Br)c1. The van der Waals surface area contributed by atoms with Crippen LogP contribution >= 0.6 is 31.9 Å². The van der Waals surface area contributed by atoms with E-state index in [1.807, 2.05) is 19.1 Å². The fraction of sp³-hybridized carbons (Fsp3) is 0.125. The van der Waals surface area contributed by atoms with Crippen LogP contribution in [0.2, 0.25) is 0 Å². The van der Waals surface area contributed by atoms with E-state index in [9.17, 15) is 0 Å². The van der Waals surface area contributed by atoms with Crippen LogP contribution in [0.25, 0.3) is 0 Å². The van der Waals surface area contributed by atoms with Crippen molar-refractivity contribution in [1.82, 2.24) is 0 Å². The average Bonchev–Trinajstić information content (AvgIpc) is 1.85. The molecular formula is C8H5Br2N. The van der Waals surface area contributed by atoms with E-state index >= 15 is 0 Å². The highest BCUT2D eigenvalue weighted by molar-refractivity contribution is 9.11. The zero-order chi connectivity index (χ0) is 8.43. The van der Waals surface area contributed by atoms with Gasteiger partial charge in [-0.25, -0.2) is 0 Å². The number of halogens is 2. The van der Waals surface area contributed by atoms with E-state index in [4.69, 9.17) is 5.26 Å². The maximum atomic E-state index is 8.68. The normalized spacial score (nSPS) is 9.27. The summed E-state index contributed by atoms with van der Waals surface area (Å²) in [6, 6.07) is 5.94. The minimum atomic E-state index is 0.649. The van der Waals surface area contributed by atoms with E-state index in [1.165, 1.54) is 0 Å². The summed E-state index contributed by atoms with van der Waals surface area (Å²) >= 11 is 6.61. The van der Waals surface area contributed by atoms with Gasteiger partial charge in [-0.15, -0.1) is 0 Å². The average molecular weight is 275 g/mol. The summed E-state index contributed by atoms with van der Waals surface area (Å²) in [5, 5.41) is 8.68. The fourth-order valence-electron chi connectivity index (χ4n) is 0.807. The number of rotatable bonds is 0. The van der Waals surface area contributed by atoms with Crippen LogP contribution in [-0.2, 0) is 0 Å². The van der Waals surface area contributed by atoms with Crippen LogP contribution in [0.15, 0.2) is 21.1 Å². The van der Waals surface area contributed by atoms with Crippen molar-refractivity contribution in [1.29, 1.82) is 5.26 Å². The Kier molecular flexibility index (Phi) is 2.69. The molecule has 0 unspecified atom stereocenters. The predicted octanol–water partition coefficient (Wildman–Crippen LogP) is 3.39. The van der Waals surface area contributed by atoms with Crippen LogP contribution < -0.4 is 0 Å². The standard InChI is InChI=1S/C8H5Br2N/c1-5-2-7(9)6(4-11)8(10)3-5/h2-3H,1H3. The maximum Gasteiger partial charge on any atom is 0.102 e. The molecule has 0 saturated carbocycles. The lowest BCUT2D eigenvalue weighted by Gasteiger charge is -1.99. The Morgan fingerprint density at radius 1 is 1.27 bits per heavy atom. The number of nitriles is 1. The molecule has 1 rings (SSSR count). The zero-order valence-electron chi connectivity index (χ0n) is 5.86. The number of aryl methyl sites for hydroxylation is 1. The van der Waals surface area contributed by atoms with E-state index in [0.717, 1.165) is 14.5 Å². The van der Waals surface area contributed by atoms with E-state index in [0.29, 0.717) is 5.56 Å². The summed E-state index contributed by atoms with van der Waals surface area (Å²) in [6.07, 6.45) is 0. The van der Waals surface area contributed by atoms with Crippen molar-refractivity contribution in [2.45, 2.75) is 6.92 Å². The van der Waals surface area contributed by atoms with E-state index in [2.05, 4.69) is 37.9 Å². The molecule has 0 aliphatic carbocycles. The lowest BCUT2D eigenvalue weighted by atomic mass is 10.2. The summed E-state index contributed by atoms with van der Waals surface area (Å²) in [6.45, 7) is 1.98. The third-order valence-electron chi connectivity index (χ3n) is 1.30. The summed E-state index contributed by atoms with van der Waals surface area (Å²) in [4.78, 5) is 0. The highest BCUT2D eigenvalue weighted by atomic mass is 79.9. The Bertz CT molecular complexity index is 302. The summed E-state index contributed by atoms with van der Waals surface area (Å²) in [7, 11) is 0. The Hall–Kier alpha value is -0.330. The van der Waals surface area contributed by atoms with Crippen molar-refractivity contribution in [3.8, 4) is 6.07 Å². The molecular weight excluding hydrogens is 270 g/mol. The molecule has 0 aromatic heterocycles. The minimum Gasteiger partial charge on any atom is -0.192 e. The third kappa shape index (κ3) is 1.82. The smallest absolute Gasteiger partial charge is 0.102 e. The van der Waals surface area contributed by atoms with Gasteiger partial charge in [-0.05, 0) is 56.5 Å². The molecule has 0 fully saturated rings. The Balaban J connectivity index is 3.40. The summed E-state index contributed by atoms with van der Waals surface area (Å²) in [5.74, 6) is 0. The van der Waals surface area contributed by atoms with Crippen molar-refractivity contribution in [3.63, 3.8) is 0 Å². The van der Waals surface area contributed by atoms with Crippen LogP contribution in [0.4, 0.5) is 0 Å². The van der Waals surface area contributed by atoms with Crippen LogP contribution in [-0.4, -0.2) is 0 Å². The molecule has 1 aromatic carbocycles. The van der Waals surface area contributed by atoms with Crippen LogP contribution in [0, 0.1) is 18.3 Å². The van der Waals surface area contributed by atoms with Crippen LogP contribution in [0.3, 0.4) is 0 Å². The van der Waals surface area contributed by atoms with Gasteiger partial charge < -0.3 is 0 Å². The first-order chi connectivity index (χ1) is 5.15. The van der Waals surface area contributed by atoms with Gasteiger partial charge in [0.25, 0.3) is 0 Å². The molecule has 1 nitrogen and oxygen atoms in total. The number of hydrogen-bond donors (Lipinski definition) is 0. The van der Waals surface area contributed by atoms with Gasteiger partial charge in [0.15, 0.2) is 0 Å². The van der Waals surface area contributed by atoms with E-state index in [1.54, 1.807) is 0 Å². The quantitative estimate of drug-likeness (QED) is 0.711. The molecule has 0 bridgehead atoms. The topological polar surface area (TPSA) is 23.8 Å². The molecule has 0 aliphatic rings. The van der Waals surface area contributed by atoms with Crippen molar-refractivity contribution < 1.29 is 0 Å². The molecule has 0 aliphatic heterocycles. The Morgan fingerprint density at radius 3 is 2.09 bits per heavy atom.